The molecule has 1 rings (SSSR count). The maximum absolute atomic E-state index is 11.8. The van der Waals surface area contributed by atoms with Crippen LogP contribution in [0.1, 0.15) is 26.2 Å². The molecule has 1 aliphatic rings. The van der Waals surface area contributed by atoms with Gasteiger partial charge in [-0.1, -0.05) is 6.92 Å². The monoisotopic (exact) mass is 320 g/mol. The van der Waals surface area contributed by atoms with Crippen LogP contribution in [0.2, 0.25) is 0 Å². The van der Waals surface area contributed by atoms with Crippen molar-refractivity contribution >= 4 is 11.8 Å². The SMILES string of the molecule is COC(CC(C)CO)C1CCC(OC)C(O)(C(=O)C(=O)O)O1. The Morgan fingerprint density at radius 2 is 2.00 bits per heavy atom. The van der Waals surface area contributed by atoms with Crippen LogP contribution < -0.4 is 0 Å². The number of carboxylic acid groups (broad SMARTS) is 1. The normalized spacial score (nSPS) is 31.5. The van der Waals surface area contributed by atoms with Gasteiger partial charge in [-0.05, 0) is 25.2 Å². The van der Waals surface area contributed by atoms with E-state index in [4.69, 9.17) is 24.4 Å². The Balaban J connectivity index is 2.93. The fraction of sp³-hybridized carbons (Fsp3) is 0.857. The average molecular weight is 320 g/mol. The van der Waals surface area contributed by atoms with Gasteiger partial charge in [-0.15, -0.1) is 0 Å². The minimum Gasteiger partial charge on any atom is -0.475 e. The number of ketones is 1. The number of carboxylic acids is 1. The first-order valence-corrected chi connectivity index (χ1v) is 7.14. The molecule has 5 atom stereocenters. The van der Waals surface area contributed by atoms with Crippen molar-refractivity contribution in [3.8, 4) is 0 Å². The molecule has 0 spiro atoms. The van der Waals surface area contributed by atoms with Gasteiger partial charge in [-0.2, -0.15) is 0 Å². The molecule has 0 radical (unpaired) electrons. The summed E-state index contributed by atoms with van der Waals surface area (Å²) in [7, 11) is 2.73. The number of ether oxygens (including phenoxy) is 3. The van der Waals surface area contributed by atoms with Gasteiger partial charge in [0, 0.05) is 20.8 Å². The molecule has 0 aromatic heterocycles. The second kappa shape index (κ2) is 7.98. The van der Waals surface area contributed by atoms with Gasteiger partial charge in [0.2, 0.25) is 0 Å². The quantitative estimate of drug-likeness (QED) is 0.514. The highest BCUT2D eigenvalue weighted by Crippen LogP contribution is 2.33. The summed E-state index contributed by atoms with van der Waals surface area (Å²) < 4.78 is 15.7. The Morgan fingerprint density at radius 1 is 1.36 bits per heavy atom. The molecule has 3 N–H and O–H groups in total. The molecule has 0 bridgehead atoms. The standard InChI is InChI=1S/C14H24O8/c1-8(7-15)6-10(20-2)9-4-5-11(21-3)14(19,22-9)12(16)13(17)18/h8-11,15,19H,4-7H2,1-3H3,(H,17,18). The smallest absolute Gasteiger partial charge is 0.378 e. The van der Waals surface area contributed by atoms with Gasteiger partial charge in [0.25, 0.3) is 5.79 Å². The third kappa shape index (κ3) is 4.02. The Bertz CT molecular complexity index is 398. The molecule has 1 aliphatic heterocycles. The number of carbonyl (C=O) groups excluding carboxylic acids is 1. The van der Waals surface area contributed by atoms with E-state index in [1.807, 2.05) is 6.92 Å². The maximum atomic E-state index is 11.8. The van der Waals surface area contributed by atoms with Gasteiger partial charge < -0.3 is 29.5 Å². The third-order valence-corrected chi connectivity index (χ3v) is 3.95. The summed E-state index contributed by atoms with van der Waals surface area (Å²) in [5.41, 5.74) is 0. The van der Waals surface area contributed by atoms with E-state index in [-0.39, 0.29) is 18.9 Å². The van der Waals surface area contributed by atoms with E-state index in [1.165, 1.54) is 14.2 Å². The molecule has 1 heterocycles. The van der Waals surface area contributed by atoms with Crippen molar-refractivity contribution in [3.05, 3.63) is 0 Å². The largest absolute Gasteiger partial charge is 0.475 e. The van der Waals surface area contributed by atoms with E-state index < -0.39 is 35.9 Å². The number of carbonyl (C=O) groups is 2. The molecule has 1 fully saturated rings. The third-order valence-electron chi connectivity index (χ3n) is 3.95. The molecule has 0 aromatic rings. The van der Waals surface area contributed by atoms with Crippen LogP contribution in [0.15, 0.2) is 0 Å². The van der Waals surface area contributed by atoms with E-state index >= 15 is 0 Å². The predicted molar refractivity (Wildman–Crippen MR) is 74.2 cm³/mol. The first-order valence-electron chi connectivity index (χ1n) is 7.14. The van der Waals surface area contributed by atoms with Gasteiger partial charge in [0.15, 0.2) is 0 Å². The summed E-state index contributed by atoms with van der Waals surface area (Å²) in [6, 6.07) is 0. The number of Topliss-reactive ketones (excluding diaryl/α,β-unsaturated/α-hetero) is 1. The topological polar surface area (TPSA) is 123 Å². The second-order valence-electron chi connectivity index (χ2n) is 5.59. The zero-order chi connectivity index (χ0) is 16.9. The first kappa shape index (κ1) is 19.0. The Morgan fingerprint density at radius 3 is 2.45 bits per heavy atom. The van der Waals surface area contributed by atoms with Crippen LogP contribution in [0.25, 0.3) is 0 Å². The number of hydrogen-bond donors (Lipinski definition) is 3. The summed E-state index contributed by atoms with van der Waals surface area (Å²) in [6.45, 7) is 1.78. The zero-order valence-corrected chi connectivity index (χ0v) is 13.0. The number of hydrogen-bond acceptors (Lipinski definition) is 7. The summed E-state index contributed by atoms with van der Waals surface area (Å²) in [5.74, 6) is -5.85. The molecule has 8 nitrogen and oxygen atoms in total. The average Bonchev–Trinajstić information content (AvgIpc) is 2.51. The lowest BCUT2D eigenvalue weighted by Gasteiger charge is -2.42. The fourth-order valence-electron chi connectivity index (χ4n) is 2.64. The van der Waals surface area contributed by atoms with Gasteiger partial charge in [-0.25, -0.2) is 4.79 Å². The van der Waals surface area contributed by atoms with Gasteiger partial charge >= 0.3 is 11.8 Å². The molecule has 0 amide bonds. The van der Waals surface area contributed by atoms with Crippen LogP contribution in [-0.2, 0) is 23.8 Å². The lowest BCUT2D eigenvalue weighted by molar-refractivity contribution is -0.298. The van der Waals surface area contributed by atoms with Crippen molar-refractivity contribution in [1.82, 2.24) is 0 Å². The first-order chi connectivity index (χ1) is 10.3. The van der Waals surface area contributed by atoms with E-state index in [0.717, 1.165) is 0 Å². The van der Waals surface area contributed by atoms with Gasteiger partial charge in [0.05, 0.1) is 12.2 Å². The highest BCUT2D eigenvalue weighted by molar-refractivity contribution is 6.35. The summed E-state index contributed by atoms with van der Waals surface area (Å²) in [6.07, 6.45) is -1.06. The van der Waals surface area contributed by atoms with Crippen molar-refractivity contribution in [2.45, 2.75) is 50.3 Å². The Hall–Kier alpha value is -1.06. The van der Waals surface area contributed by atoms with Crippen molar-refractivity contribution < 1.29 is 39.1 Å². The molecule has 1 saturated heterocycles. The highest BCUT2D eigenvalue weighted by Gasteiger charge is 2.54. The zero-order valence-electron chi connectivity index (χ0n) is 13.0. The van der Waals surface area contributed by atoms with Crippen LogP contribution in [0.5, 0.6) is 0 Å². The molecule has 8 heteroatoms. The molecular weight excluding hydrogens is 296 g/mol. The van der Waals surface area contributed by atoms with Crippen LogP contribution in [0.4, 0.5) is 0 Å². The van der Waals surface area contributed by atoms with E-state index in [2.05, 4.69) is 0 Å². The van der Waals surface area contributed by atoms with Crippen molar-refractivity contribution in [2.75, 3.05) is 20.8 Å². The summed E-state index contributed by atoms with van der Waals surface area (Å²) in [5, 5.41) is 28.4. The number of rotatable bonds is 8. The lowest BCUT2D eigenvalue weighted by Crippen LogP contribution is -2.61. The Labute approximate surface area is 129 Å². The van der Waals surface area contributed by atoms with Gasteiger partial charge in [0.1, 0.15) is 6.10 Å². The number of methoxy groups -OCH3 is 2. The van der Waals surface area contributed by atoms with Crippen molar-refractivity contribution in [3.63, 3.8) is 0 Å². The summed E-state index contributed by atoms with van der Waals surface area (Å²) in [4.78, 5) is 22.7. The van der Waals surface area contributed by atoms with Gasteiger partial charge in [-0.3, -0.25) is 4.79 Å². The molecule has 0 aliphatic carbocycles. The Kier molecular flexibility index (Phi) is 6.89. The fourth-order valence-corrected chi connectivity index (χ4v) is 2.64. The second-order valence-corrected chi connectivity index (χ2v) is 5.59. The minimum absolute atomic E-state index is 0.0361. The van der Waals surface area contributed by atoms with Crippen LogP contribution in [0.3, 0.4) is 0 Å². The maximum Gasteiger partial charge on any atom is 0.378 e. The van der Waals surface area contributed by atoms with Crippen molar-refractivity contribution in [2.24, 2.45) is 5.92 Å². The van der Waals surface area contributed by atoms with E-state index in [1.54, 1.807) is 0 Å². The summed E-state index contributed by atoms with van der Waals surface area (Å²) >= 11 is 0. The van der Waals surface area contributed by atoms with Crippen LogP contribution >= 0.6 is 0 Å². The lowest BCUT2D eigenvalue weighted by atomic mass is 9.90. The molecule has 0 saturated carbocycles. The number of aliphatic carboxylic acids is 1. The molecule has 22 heavy (non-hydrogen) atoms. The highest BCUT2D eigenvalue weighted by atomic mass is 16.7. The van der Waals surface area contributed by atoms with Crippen LogP contribution in [0, 0.1) is 5.92 Å². The van der Waals surface area contributed by atoms with Crippen LogP contribution in [-0.4, -0.2) is 72.0 Å². The molecular formula is C14H24O8. The van der Waals surface area contributed by atoms with E-state index in [9.17, 15) is 14.7 Å². The number of aliphatic hydroxyl groups is 2. The van der Waals surface area contributed by atoms with E-state index in [0.29, 0.717) is 12.8 Å². The molecule has 5 unspecified atom stereocenters. The minimum atomic E-state index is -2.54. The predicted octanol–water partition coefficient (Wildman–Crippen LogP) is -0.444. The number of aliphatic hydroxyl groups excluding tert-OH is 1. The van der Waals surface area contributed by atoms with Crippen molar-refractivity contribution in [1.29, 1.82) is 0 Å². The molecule has 128 valence electrons. The molecule has 0 aromatic carbocycles.